The summed E-state index contributed by atoms with van der Waals surface area (Å²) in [6.07, 6.45) is 2.66. The third-order valence-electron chi connectivity index (χ3n) is 4.53. The number of ether oxygens (including phenoxy) is 1. The minimum atomic E-state index is -0.816. The molecular weight excluding hydrogens is 352 g/mol. The van der Waals surface area contributed by atoms with E-state index in [0.29, 0.717) is 30.5 Å². The highest BCUT2D eigenvalue weighted by molar-refractivity contribution is 6.30. The standard InChI is InChI=1S/C20H27ClN2O3/c1-4-14(2)9-10-26-19-7-5-17(21)12-16(19)13-23-15(3)11-18(22-23)6-8-20(24)25/h5,7,11-12,14H,4,6,8-10,13H2,1-3H3,(H,24,25). The van der Waals surface area contributed by atoms with Crippen molar-refractivity contribution in [2.75, 3.05) is 6.61 Å². The molecule has 1 unspecified atom stereocenters. The van der Waals surface area contributed by atoms with E-state index in [1.165, 1.54) is 0 Å². The second-order valence-electron chi connectivity index (χ2n) is 6.73. The van der Waals surface area contributed by atoms with E-state index in [-0.39, 0.29) is 6.42 Å². The smallest absolute Gasteiger partial charge is 0.303 e. The average molecular weight is 379 g/mol. The Morgan fingerprint density at radius 1 is 1.38 bits per heavy atom. The van der Waals surface area contributed by atoms with Gasteiger partial charge in [0, 0.05) is 22.7 Å². The number of carbonyl (C=O) groups is 1. The van der Waals surface area contributed by atoms with Crippen LogP contribution < -0.4 is 4.74 Å². The van der Waals surface area contributed by atoms with Crippen LogP contribution in [0.25, 0.3) is 0 Å². The van der Waals surface area contributed by atoms with Crippen molar-refractivity contribution in [2.24, 2.45) is 5.92 Å². The van der Waals surface area contributed by atoms with Crippen molar-refractivity contribution >= 4 is 17.6 Å². The summed E-state index contributed by atoms with van der Waals surface area (Å²) < 4.78 is 7.85. The Morgan fingerprint density at radius 3 is 2.85 bits per heavy atom. The summed E-state index contributed by atoms with van der Waals surface area (Å²) in [6.45, 7) is 7.58. The first kappa shape index (κ1) is 20.3. The van der Waals surface area contributed by atoms with Crippen LogP contribution >= 0.6 is 11.6 Å². The first-order valence-corrected chi connectivity index (χ1v) is 9.43. The maximum Gasteiger partial charge on any atom is 0.303 e. The lowest BCUT2D eigenvalue weighted by atomic mass is 10.1. The van der Waals surface area contributed by atoms with Gasteiger partial charge in [-0.25, -0.2) is 0 Å². The highest BCUT2D eigenvalue weighted by atomic mass is 35.5. The van der Waals surface area contributed by atoms with Crippen LogP contribution in [0.2, 0.25) is 5.02 Å². The molecule has 26 heavy (non-hydrogen) atoms. The molecule has 0 aliphatic heterocycles. The maximum atomic E-state index is 10.7. The van der Waals surface area contributed by atoms with Gasteiger partial charge in [0.2, 0.25) is 0 Å². The molecule has 1 heterocycles. The van der Waals surface area contributed by atoms with E-state index in [0.717, 1.165) is 35.5 Å². The maximum absolute atomic E-state index is 10.7. The van der Waals surface area contributed by atoms with Gasteiger partial charge in [-0.2, -0.15) is 5.10 Å². The molecule has 6 heteroatoms. The molecule has 5 nitrogen and oxygen atoms in total. The van der Waals surface area contributed by atoms with E-state index >= 15 is 0 Å². The average Bonchev–Trinajstić information content (AvgIpc) is 2.94. The minimum absolute atomic E-state index is 0.0809. The van der Waals surface area contributed by atoms with Crippen LogP contribution in [0.5, 0.6) is 5.75 Å². The number of rotatable bonds is 10. The predicted molar refractivity (Wildman–Crippen MR) is 103 cm³/mol. The highest BCUT2D eigenvalue weighted by Crippen LogP contribution is 2.25. The lowest BCUT2D eigenvalue weighted by Crippen LogP contribution is -2.09. The number of aliphatic carboxylic acids is 1. The molecule has 0 bridgehead atoms. The van der Waals surface area contributed by atoms with Crippen LogP contribution in [0.3, 0.4) is 0 Å². The zero-order valence-electron chi connectivity index (χ0n) is 15.7. The van der Waals surface area contributed by atoms with E-state index in [1.54, 1.807) is 0 Å². The molecule has 0 fully saturated rings. The molecule has 0 saturated heterocycles. The number of nitrogens with zero attached hydrogens (tertiary/aromatic N) is 2. The molecule has 1 aromatic carbocycles. The van der Waals surface area contributed by atoms with Crippen LogP contribution in [-0.2, 0) is 17.8 Å². The Bertz CT molecular complexity index is 743. The molecule has 142 valence electrons. The summed E-state index contributed by atoms with van der Waals surface area (Å²) in [6, 6.07) is 7.56. The lowest BCUT2D eigenvalue weighted by Gasteiger charge is -2.14. The predicted octanol–water partition coefficient (Wildman–Crippen LogP) is 4.73. The quantitative estimate of drug-likeness (QED) is 0.649. The van der Waals surface area contributed by atoms with E-state index in [4.69, 9.17) is 21.4 Å². The van der Waals surface area contributed by atoms with Crippen molar-refractivity contribution in [3.63, 3.8) is 0 Å². The van der Waals surface area contributed by atoms with Crippen molar-refractivity contribution < 1.29 is 14.6 Å². The van der Waals surface area contributed by atoms with Gasteiger partial charge in [-0.1, -0.05) is 31.9 Å². The third kappa shape index (κ3) is 6.06. The van der Waals surface area contributed by atoms with Crippen molar-refractivity contribution in [1.29, 1.82) is 0 Å². The second-order valence-corrected chi connectivity index (χ2v) is 7.17. The van der Waals surface area contributed by atoms with E-state index in [1.807, 2.05) is 35.9 Å². The first-order chi connectivity index (χ1) is 12.4. The van der Waals surface area contributed by atoms with Crippen LogP contribution in [0, 0.1) is 12.8 Å². The number of hydrogen-bond acceptors (Lipinski definition) is 3. The number of halogens is 1. The topological polar surface area (TPSA) is 64.4 Å². The van der Waals surface area contributed by atoms with Gasteiger partial charge in [0.15, 0.2) is 0 Å². The highest BCUT2D eigenvalue weighted by Gasteiger charge is 2.11. The fourth-order valence-corrected chi connectivity index (χ4v) is 2.84. The van der Waals surface area contributed by atoms with Crippen LogP contribution in [-0.4, -0.2) is 27.5 Å². The van der Waals surface area contributed by atoms with Gasteiger partial charge in [-0.3, -0.25) is 9.48 Å². The Labute approximate surface area is 159 Å². The Morgan fingerprint density at radius 2 is 2.15 bits per heavy atom. The molecule has 0 aliphatic rings. The lowest BCUT2D eigenvalue weighted by molar-refractivity contribution is -0.136. The Kier molecular flexibility index (Phi) is 7.51. The van der Waals surface area contributed by atoms with Gasteiger partial charge in [0.25, 0.3) is 0 Å². The van der Waals surface area contributed by atoms with Crippen LogP contribution in [0.15, 0.2) is 24.3 Å². The molecule has 0 amide bonds. The van der Waals surface area contributed by atoms with E-state index in [2.05, 4.69) is 18.9 Å². The molecule has 0 spiro atoms. The van der Waals surface area contributed by atoms with Crippen molar-refractivity contribution in [1.82, 2.24) is 9.78 Å². The molecule has 1 aromatic heterocycles. The molecule has 0 aliphatic carbocycles. The number of benzene rings is 1. The van der Waals surface area contributed by atoms with Gasteiger partial charge in [0.1, 0.15) is 5.75 Å². The zero-order chi connectivity index (χ0) is 19.1. The second kappa shape index (κ2) is 9.62. The monoisotopic (exact) mass is 378 g/mol. The Balaban J connectivity index is 2.10. The first-order valence-electron chi connectivity index (χ1n) is 9.05. The number of hydrogen-bond donors (Lipinski definition) is 1. The van der Waals surface area contributed by atoms with Crippen LogP contribution in [0.4, 0.5) is 0 Å². The van der Waals surface area contributed by atoms with Gasteiger partial charge in [-0.15, -0.1) is 0 Å². The van der Waals surface area contributed by atoms with Crippen molar-refractivity contribution in [3.8, 4) is 5.75 Å². The van der Waals surface area contributed by atoms with E-state index < -0.39 is 5.97 Å². The molecule has 0 radical (unpaired) electrons. The molecule has 2 aromatic rings. The van der Waals surface area contributed by atoms with E-state index in [9.17, 15) is 4.79 Å². The largest absolute Gasteiger partial charge is 0.493 e. The van der Waals surface area contributed by atoms with Gasteiger partial charge in [0.05, 0.1) is 25.3 Å². The summed E-state index contributed by atoms with van der Waals surface area (Å²) in [7, 11) is 0. The molecule has 1 N–H and O–H groups in total. The van der Waals surface area contributed by atoms with Gasteiger partial charge in [-0.05, 0) is 43.5 Å². The van der Waals surface area contributed by atoms with Crippen molar-refractivity contribution in [2.45, 2.75) is 53.0 Å². The summed E-state index contributed by atoms with van der Waals surface area (Å²) in [5.41, 5.74) is 2.74. The Hall–Kier alpha value is -2.01. The minimum Gasteiger partial charge on any atom is -0.493 e. The fourth-order valence-electron chi connectivity index (χ4n) is 2.64. The summed E-state index contributed by atoms with van der Waals surface area (Å²) in [5.74, 6) is 0.639. The third-order valence-corrected chi connectivity index (χ3v) is 4.77. The number of aromatic nitrogens is 2. The molecule has 1 atom stereocenters. The number of carboxylic acid groups (broad SMARTS) is 1. The zero-order valence-corrected chi connectivity index (χ0v) is 16.4. The molecular formula is C20H27ClN2O3. The number of aryl methyl sites for hydroxylation is 2. The summed E-state index contributed by atoms with van der Waals surface area (Å²) in [4.78, 5) is 10.7. The summed E-state index contributed by atoms with van der Waals surface area (Å²) in [5, 5.41) is 14.0. The van der Waals surface area contributed by atoms with Crippen LogP contribution in [0.1, 0.15) is 50.1 Å². The molecule has 0 saturated carbocycles. The fraction of sp³-hybridized carbons (Fsp3) is 0.500. The number of carboxylic acids is 1. The van der Waals surface area contributed by atoms with Crippen molar-refractivity contribution in [3.05, 3.63) is 46.2 Å². The molecule has 2 rings (SSSR count). The van der Waals surface area contributed by atoms with Gasteiger partial charge >= 0.3 is 5.97 Å². The van der Waals surface area contributed by atoms with Gasteiger partial charge < -0.3 is 9.84 Å². The SMILES string of the molecule is CCC(C)CCOc1ccc(Cl)cc1Cn1nc(CCC(=O)O)cc1C. The normalized spacial score (nSPS) is 12.2. The summed E-state index contributed by atoms with van der Waals surface area (Å²) >= 11 is 6.17.